The molecule has 0 saturated heterocycles. The van der Waals surface area contributed by atoms with Crippen molar-refractivity contribution >= 4 is 0 Å². The highest BCUT2D eigenvalue weighted by Crippen LogP contribution is 2.35. The summed E-state index contributed by atoms with van der Waals surface area (Å²) in [6.45, 7) is 16.4. The van der Waals surface area contributed by atoms with Crippen LogP contribution in [-0.4, -0.2) is 0 Å². The molecular weight excluding hydrogens is 216 g/mol. The molecule has 0 rings (SSSR count). The Hall–Kier alpha value is -0.260. The zero-order valence-electron chi connectivity index (χ0n) is 13.9. The average Bonchev–Trinajstić information content (AvgIpc) is 2.27. The molecule has 0 heteroatoms. The van der Waals surface area contributed by atoms with Crippen LogP contribution in [0.5, 0.6) is 0 Å². The summed E-state index contributed by atoms with van der Waals surface area (Å²) < 4.78 is 0. The van der Waals surface area contributed by atoms with E-state index in [-0.39, 0.29) is 0 Å². The van der Waals surface area contributed by atoms with Gasteiger partial charge in [-0.15, -0.1) is 0 Å². The molecule has 0 aliphatic heterocycles. The first-order valence-corrected chi connectivity index (χ1v) is 7.98. The maximum Gasteiger partial charge on any atom is -0.0262 e. The van der Waals surface area contributed by atoms with Gasteiger partial charge < -0.3 is 0 Å². The number of rotatable bonds is 9. The summed E-state index contributed by atoms with van der Waals surface area (Å²) in [7, 11) is 0. The van der Waals surface area contributed by atoms with Gasteiger partial charge in [-0.05, 0) is 36.0 Å². The zero-order valence-corrected chi connectivity index (χ0v) is 13.9. The number of hydrogen-bond acceptors (Lipinski definition) is 0. The molecule has 0 spiro atoms. The van der Waals surface area contributed by atoms with Gasteiger partial charge in [-0.1, -0.05) is 79.9 Å². The van der Waals surface area contributed by atoms with Gasteiger partial charge in [0.2, 0.25) is 0 Å². The molecule has 0 aliphatic rings. The quantitative estimate of drug-likeness (QED) is 0.413. The van der Waals surface area contributed by atoms with Gasteiger partial charge in [-0.25, -0.2) is 0 Å². The lowest BCUT2D eigenvalue weighted by Crippen LogP contribution is -2.21. The van der Waals surface area contributed by atoms with E-state index in [0.717, 1.165) is 17.8 Å². The first kappa shape index (κ1) is 17.7. The maximum absolute atomic E-state index is 2.44. The Balaban J connectivity index is 4.00. The fourth-order valence-corrected chi connectivity index (χ4v) is 2.30. The van der Waals surface area contributed by atoms with Crippen LogP contribution in [0.2, 0.25) is 0 Å². The van der Waals surface area contributed by atoms with Crippen molar-refractivity contribution in [1.29, 1.82) is 0 Å². The smallest absolute Gasteiger partial charge is 0.0262 e. The average molecular weight is 252 g/mol. The topological polar surface area (TPSA) is 0 Å². The fourth-order valence-electron chi connectivity index (χ4n) is 2.30. The highest BCUT2D eigenvalue weighted by molar-refractivity contribution is 4.92. The van der Waals surface area contributed by atoms with Crippen molar-refractivity contribution < 1.29 is 0 Å². The summed E-state index contributed by atoms with van der Waals surface area (Å²) in [6.07, 6.45) is 11.5. The van der Waals surface area contributed by atoms with Crippen LogP contribution < -0.4 is 0 Å². The molecule has 0 heterocycles. The highest BCUT2D eigenvalue weighted by atomic mass is 14.3. The predicted molar refractivity (Wildman–Crippen MR) is 84.8 cm³/mol. The normalized spacial score (nSPS) is 17.6. The van der Waals surface area contributed by atoms with Gasteiger partial charge in [0.1, 0.15) is 0 Å². The molecule has 0 bridgehead atoms. The molecule has 0 nitrogen and oxygen atoms in total. The molecule has 0 aliphatic carbocycles. The zero-order chi connectivity index (χ0) is 14.2. The van der Waals surface area contributed by atoms with E-state index in [1.807, 2.05) is 0 Å². The molecule has 0 saturated carbocycles. The lowest BCUT2D eigenvalue weighted by molar-refractivity contribution is 0.211. The standard InChI is InChI=1S/C18H36/c1-8-18(7,16(4)5)14-10-13-17(6)12-9-11-15(2)3/h10,13,15-17H,8-9,11-12,14H2,1-7H3. The molecule has 0 N–H and O–H groups in total. The van der Waals surface area contributed by atoms with Gasteiger partial charge in [0.15, 0.2) is 0 Å². The van der Waals surface area contributed by atoms with E-state index in [1.54, 1.807) is 0 Å². The van der Waals surface area contributed by atoms with Crippen molar-refractivity contribution in [2.24, 2.45) is 23.2 Å². The lowest BCUT2D eigenvalue weighted by atomic mass is 9.74. The Morgan fingerprint density at radius 1 is 1.00 bits per heavy atom. The second-order valence-electron chi connectivity index (χ2n) is 7.10. The van der Waals surface area contributed by atoms with Crippen molar-refractivity contribution in [2.45, 2.75) is 80.6 Å². The molecule has 0 radical (unpaired) electrons. The SMILES string of the molecule is CCC(C)(CC=CC(C)CCCC(C)C)C(C)C. The number of allylic oxidation sites excluding steroid dienone is 2. The van der Waals surface area contributed by atoms with Crippen LogP contribution in [-0.2, 0) is 0 Å². The summed E-state index contributed by atoms with van der Waals surface area (Å²) >= 11 is 0. The third kappa shape index (κ3) is 7.24. The van der Waals surface area contributed by atoms with Crippen LogP contribution >= 0.6 is 0 Å². The molecule has 0 aromatic rings. The first-order chi connectivity index (χ1) is 8.31. The van der Waals surface area contributed by atoms with Crippen molar-refractivity contribution in [2.75, 3.05) is 0 Å². The summed E-state index contributed by atoms with van der Waals surface area (Å²) in [5, 5.41) is 0. The Bertz CT molecular complexity index is 224. The van der Waals surface area contributed by atoms with Crippen LogP contribution in [0.15, 0.2) is 12.2 Å². The Morgan fingerprint density at radius 2 is 1.61 bits per heavy atom. The Morgan fingerprint density at radius 3 is 2.06 bits per heavy atom. The van der Waals surface area contributed by atoms with Gasteiger partial charge in [0, 0.05) is 0 Å². The minimum Gasteiger partial charge on any atom is -0.0877 e. The van der Waals surface area contributed by atoms with Gasteiger partial charge in [0.05, 0.1) is 0 Å². The van der Waals surface area contributed by atoms with Gasteiger partial charge in [-0.2, -0.15) is 0 Å². The third-order valence-electron chi connectivity index (χ3n) is 4.69. The van der Waals surface area contributed by atoms with Crippen molar-refractivity contribution in [1.82, 2.24) is 0 Å². The first-order valence-electron chi connectivity index (χ1n) is 7.98. The summed E-state index contributed by atoms with van der Waals surface area (Å²) in [5.41, 5.74) is 0.480. The van der Waals surface area contributed by atoms with Crippen molar-refractivity contribution in [3.05, 3.63) is 12.2 Å². The van der Waals surface area contributed by atoms with Crippen LogP contribution in [0.4, 0.5) is 0 Å². The molecular formula is C18H36. The summed E-state index contributed by atoms with van der Waals surface area (Å²) in [4.78, 5) is 0. The highest BCUT2D eigenvalue weighted by Gasteiger charge is 2.24. The van der Waals surface area contributed by atoms with Gasteiger partial charge in [0.25, 0.3) is 0 Å². The largest absolute Gasteiger partial charge is 0.0877 e. The molecule has 0 aromatic heterocycles. The molecule has 2 unspecified atom stereocenters. The Labute approximate surface area is 116 Å². The van der Waals surface area contributed by atoms with Crippen LogP contribution in [0.3, 0.4) is 0 Å². The molecule has 18 heavy (non-hydrogen) atoms. The maximum atomic E-state index is 2.44. The molecule has 0 amide bonds. The van der Waals surface area contributed by atoms with E-state index >= 15 is 0 Å². The lowest BCUT2D eigenvalue weighted by Gasteiger charge is -2.31. The van der Waals surface area contributed by atoms with Crippen LogP contribution in [0.25, 0.3) is 0 Å². The van der Waals surface area contributed by atoms with Crippen molar-refractivity contribution in [3.63, 3.8) is 0 Å². The Kier molecular flexibility index (Phi) is 8.65. The van der Waals surface area contributed by atoms with E-state index in [2.05, 4.69) is 60.6 Å². The van der Waals surface area contributed by atoms with E-state index in [9.17, 15) is 0 Å². The minimum atomic E-state index is 0.480. The molecule has 2 atom stereocenters. The van der Waals surface area contributed by atoms with E-state index in [0.29, 0.717) is 5.41 Å². The molecule has 0 aromatic carbocycles. The van der Waals surface area contributed by atoms with Crippen LogP contribution in [0.1, 0.15) is 80.6 Å². The van der Waals surface area contributed by atoms with Gasteiger partial charge >= 0.3 is 0 Å². The monoisotopic (exact) mass is 252 g/mol. The molecule has 108 valence electrons. The van der Waals surface area contributed by atoms with E-state index in [1.165, 1.54) is 32.1 Å². The second-order valence-corrected chi connectivity index (χ2v) is 7.10. The van der Waals surface area contributed by atoms with Crippen molar-refractivity contribution in [3.8, 4) is 0 Å². The summed E-state index contributed by atoms with van der Waals surface area (Å²) in [6, 6.07) is 0. The number of hydrogen-bond donors (Lipinski definition) is 0. The summed E-state index contributed by atoms with van der Waals surface area (Å²) in [5.74, 6) is 2.37. The fraction of sp³-hybridized carbons (Fsp3) is 0.889. The molecule has 0 fully saturated rings. The van der Waals surface area contributed by atoms with E-state index < -0.39 is 0 Å². The van der Waals surface area contributed by atoms with Crippen LogP contribution in [0, 0.1) is 23.2 Å². The minimum absolute atomic E-state index is 0.480. The second kappa shape index (κ2) is 8.77. The van der Waals surface area contributed by atoms with Gasteiger partial charge in [-0.3, -0.25) is 0 Å². The van der Waals surface area contributed by atoms with E-state index in [4.69, 9.17) is 0 Å². The predicted octanol–water partition coefficient (Wildman–Crippen LogP) is 6.47. The third-order valence-corrected chi connectivity index (χ3v) is 4.69.